The highest BCUT2D eigenvalue weighted by atomic mass is 32.1. The van der Waals surface area contributed by atoms with Crippen LogP contribution < -0.4 is 5.43 Å². The molecule has 0 saturated heterocycles. The minimum Gasteiger partial charge on any atom is -0.340 e. The minimum atomic E-state index is -0.181. The predicted molar refractivity (Wildman–Crippen MR) is 118 cm³/mol. The standard InChI is InChI=1S/C23H23N3OS/c1-2-3-6-13-26-20-9-5-4-8-18(20)19-15-17(11-12-21(19)26)16-24-25-23(27)22-10-7-14-28-22/h4-5,7-12,14-16H,2-3,6,13H2,1H3,(H,25,27)/b24-16+. The number of aromatic nitrogens is 1. The number of fused-ring (bicyclic) bond motifs is 3. The zero-order valence-electron chi connectivity index (χ0n) is 15.9. The van der Waals surface area contributed by atoms with Crippen LogP contribution in [0.25, 0.3) is 21.8 Å². The number of benzene rings is 2. The van der Waals surface area contributed by atoms with Gasteiger partial charge in [-0.25, -0.2) is 5.43 Å². The molecule has 2 heterocycles. The molecular weight excluding hydrogens is 366 g/mol. The smallest absolute Gasteiger partial charge is 0.281 e. The maximum absolute atomic E-state index is 12.0. The van der Waals surface area contributed by atoms with E-state index in [0.29, 0.717) is 4.88 Å². The van der Waals surface area contributed by atoms with Crippen molar-refractivity contribution in [2.75, 3.05) is 0 Å². The summed E-state index contributed by atoms with van der Waals surface area (Å²) in [6.07, 6.45) is 5.34. The molecule has 1 amide bonds. The summed E-state index contributed by atoms with van der Waals surface area (Å²) < 4.78 is 2.42. The molecule has 0 atom stereocenters. The van der Waals surface area contributed by atoms with E-state index in [-0.39, 0.29) is 5.91 Å². The molecule has 142 valence electrons. The van der Waals surface area contributed by atoms with Crippen LogP contribution >= 0.6 is 11.3 Å². The molecule has 0 aliphatic heterocycles. The first-order valence-electron chi connectivity index (χ1n) is 9.66. The molecule has 0 aliphatic carbocycles. The van der Waals surface area contributed by atoms with Gasteiger partial charge < -0.3 is 4.57 Å². The molecule has 0 saturated carbocycles. The summed E-state index contributed by atoms with van der Waals surface area (Å²) in [7, 11) is 0. The third kappa shape index (κ3) is 3.71. The summed E-state index contributed by atoms with van der Waals surface area (Å²) in [5.41, 5.74) is 6.08. The van der Waals surface area contributed by atoms with Crippen LogP contribution in [0.5, 0.6) is 0 Å². The van der Waals surface area contributed by atoms with Crippen molar-refractivity contribution in [1.29, 1.82) is 0 Å². The van der Waals surface area contributed by atoms with E-state index in [9.17, 15) is 4.79 Å². The first-order chi connectivity index (χ1) is 13.8. The van der Waals surface area contributed by atoms with E-state index >= 15 is 0 Å². The van der Waals surface area contributed by atoms with Crippen LogP contribution in [0.4, 0.5) is 0 Å². The van der Waals surface area contributed by atoms with Crippen molar-refractivity contribution >= 4 is 45.3 Å². The van der Waals surface area contributed by atoms with Gasteiger partial charge in [-0.05, 0) is 41.6 Å². The number of nitrogens with zero attached hydrogens (tertiary/aromatic N) is 2. The van der Waals surface area contributed by atoms with Crippen LogP contribution in [0, 0.1) is 0 Å². The summed E-state index contributed by atoms with van der Waals surface area (Å²) in [6, 6.07) is 18.5. The van der Waals surface area contributed by atoms with Crippen LogP contribution in [0.2, 0.25) is 0 Å². The summed E-state index contributed by atoms with van der Waals surface area (Å²) in [6.45, 7) is 3.26. The van der Waals surface area contributed by atoms with Crippen molar-refractivity contribution in [3.05, 3.63) is 70.4 Å². The van der Waals surface area contributed by atoms with Gasteiger partial charge in [-0.2, -0.15) is 5.10 Å². The van der Waals surface area contributed by atoms with Crippen LogP contribution in [-0.4, -0.2) is 16.7 Å². The monoisotopic (exact) mass is 389 g/mol. The average Bonchev–Trinajstić information content (AvgIpc) is 3.36. The highest BCUT2D eigenvalue weighted by molar-refractivity contribution is 7.12. The van der Waals surface area contributed by atoms with Crippen molar-refractivity contribution < 1.29 is 4.79 Å². The number of aryl methyl sites for hydroxylation is 1. The first kappa shape index (κ1) is 18.4. The third-order valence-corrected chi connectivity index (χ3v) is 5.78. The average molecular weight is 390 g/mol. The molecule has 0 spiro atoms. The Labute approximate surface area is 168 Å². The zero-order valence-corrected chi connectivity index (χ0v) is 16.7. The zero-order chi connectivity index (χ0) is 19.3. The lowest BCUT2D eigenvalue weighted by Crippen LogP contribution is -2.16. The van der Waals surface area contributed by atoms with Crippen LogP contribution in [0.3, 0.4) is 0 Å². The van der Waals surface area contributed by atoms with E-state index in [1.807, 2.05) is 11.4 Å². The maximum Gasteiger partial charge on any atom is 0.281 e. The Morgan fingerprint density at radius 1 is 1.07 bits per heavy atom. The van der Waals surface area contributed by atoms with Crippen LogP contribution in [0.1, 0.15) is 41.4 Å². The Bertz CT molecular complexity index is 1130. The number of carbonyl (C=O) groups is 1. The minimum absolute atomic E-state index is 0.181. The van der Waals surface area contributed by atoms with E-state index in [0.717, 1.165) is 12.1 Å². The predicted octanol–water partition coefficient (Wildman–Crippen LogP) is 5.81. The summed E-state index contributed by atoms with van der Waals surface area (Å²) in [5.74, 6) is -0.181. The van der Waals surface area contributed by atoms with Crippen molar-refractivity contribution in [2.24, 2.45) is 5.10 Å². The molecule has 0 radical (unpaired) electrons. The topological polar surface area (TPSA) is 46.4 Å². The van der Waals surface area contributed by atoms with E-state index in [1.165, 1.54) is 52.4 Å². The lowest BCUT2D eigenvalue weighted by molar-refractivity contribution is 0.0959. The second-order valence-corrected chi connectivity index (χ2v) is 7.78. The Hall–Kier alpha value is -2.92. The molecule has 4 nitrogen and oxygen atoms in total. The Balaban J connectivity index is 1.62. The van der Waals surface area contributed by atoms with Crippen molar-refractivity contribution in [3.63, 3.8) is 0 Å². The van der Waals surface area contributed by atoms with Crippen LogP contribution in [0.15, 0.2) is 65.1 Å². The molecule has 0 bridgehead atoms. The van der Waals surface area contributed by atoms with Gasteiger partial charge in [-0.15, -0.1) is 11.3 Å². The quantitative estimate of drug-likeness (QED) is 0.242. The van der Waals surface area contributed by atoms with Crippen LogP contribution in [-0.2, 0) is 6.54 Å². The van der Waals surface area contributed by atoms with E-state index < -0.39 is 0 Å². The molecule has 2 aromatic heterocycles. The second kappa shape index (κ2) is 8.40. The molecule has 2 aromatic carbocycles. The summed E-state index contributed by atoms with van der Waals surface area (Å²) in [4.78, 5) is 12.6. The number of rotatable bonds is 7. The van der Waals surface area contributed by atoms with Gasteiger partial charge in [-0.3, -0.25) is 4.79 Å². The lowest BCUT2D eigenvalue weighted by atomic mass is 10.1. The third-order valence-electron chi connectivity index (χ3n) is 4.91. The second-order valence-electron chi connectivity index (χ2n) is 6.83. The summed E-state index contributed by atoms with van der Waals surface area (Å²) in [5, 5.41) is 8.48. The van der Waals surface area contributed by atoms with Gasteiger partial charge in [0.15, 0.2) is 0 Å². The number of hydrogen-bond acceptors (Lipinski definition) is 3. The van der Waals surface area contributed by atoms with E-state index in [4.69, 9.17) is 0 Å². The Morgan fingerprint density at radius 2 is 1.93 bits per heavy atom. The van der Waals surface area contributed by atoms with Gasteiger partial charge in [0.25, 0.3) is 5.91 Å². The molecule has 4 aromatic rings. The highest BCUT2D eigenvalue weighted by Crippen LogP contribution is 2.30. The lowest BCUT2D eigenvalue weighted by Gasteiger charge is -2.07. The van der Waals surface area contributed by atoms with E-state index in [2.05, 4.69) is 64.5 Å². The van der Waals surface area contributed by atoms with Gasteiger partial charge in [0.2, 0.25) is 0 Å². The van der Waals surface area contributed by atoms with Gasteiger partial charge in [-0.1, -0.05) is 50.1 Å². The summed E-state index contributed by atoms with van der Waals surface area (Å²) >= 11 is 1.40. The maximum atomic E-state index is 12.0. The fourth-order valence-electron chi connectivity index (χ4n) is 3.54. The number of para-hydroxylation sites is 1. The van der Waals surface area contributed by atoms with Gasteiger partial charge in [0.1, 0.15) is 0 Å². The number of amides is 1. The molecule has 1 N–H and O–H groups in total. The molecule has 4 rings (SSSR count). The van der Waals surface area contributed by atoms with Gasteiger partial charge in [0, 0.05) is 28.4 Å². The van der Waals surface area contributed by atoms with E-state index in [1.54, 1.807) is 12.3 Å². The van der Waals surface area contributed by atoms with Crippen molar-refractivity contribution in [1.82, 2.24) is 9.99 Å². The fourth-order valence-corrected chi connectivity index (χ4v) is 4.15. The molecular formula is C23H23N3OS. The highest BCUT2D eigenvalue weighted by Gasteiger charge is 2.10. The Morgan fingerprint density at radius 3 is 2.75 bits per heavy atom. The number of thiophene rings is 1. The molecule has 0 unspecified atom stereocenters. The number of unbranched alkanes of at least 4 members (excludes halogenated alkanes) is 2. The number of nitrogens with one attached hydrogen (secondary N) is 1. The first-order valence-corrected chi connectivity index (χ1v) is 10.5. The number of hydrogen-bond donors (Lipinski definition) is 1. The number of hydrazone groups is 1. The number of carbonyl (C=O) groups excluding carboxylic acids is 1. The molecule has 28 heavy (non-hydrogen) atoms. The van der Waals surface area contributed by atoms with Gasteiger partial charge in [0.05, 0.1) is 11.1 Å². The Kier molecular flexibility index (Phi) is 5.53. The normalized spacial score (nSPS) is 11.6. The van der Waals surface area contributed by atoms with Crippen molar-refractivity contribution in [2.45, 2.75) is 32.7 Å². The van der Waals surface area contributed by atoms with Crippen molar-refractivity contribution in [3.8, 4) is 0 Å². The molecule has 5 heteroatoms. The molecule has 0 fully saturated rings. The fraction of sp³-hybridized carbons (Fsp3) is 0.217. The van der Waals surface area contributed by atoms with Gasteiger partial charge >= 0.3 is 0 Å². The molecule has 0 aliphatic rings. The SMILES string of the molecule is CCCCCn1c2ccccc2c2cc(/C=N/NC(=O)c3cccs3)ccc21. The largest absolute Gasteiger partial charge is 0.340 e.